The van der Waals surface area contributed by atoms with Gasteiger partial charge in [0.2, 0.25) is 5.91 Å². The maximum atomic E-state index is 13.8. The lowest BCUT2D eigenvalue weighted by molar-refractivity contribution is -0.120. The van der Waals surface area contributed by atoms with Crippen LogP contribution in [0.2, 0.25) is 5.02 Å². The summed E-state index contributed by atoms with van der Waals surface area (Å²) in [6.07, 6.45) is 3.46. The summed E-state index contributed by atoms with van der Waals surface area (Å²) in [6, 6.07) is 4.35. The van der Waals surface area contributed by atoms with E-state index in [0.29, 0.717) is 42.9 Å². The fraction of sp³-hybridized carbons (Fsp3) is 0.368. The number of hydrogen-bond donors (Lipinski definition) is 2. The number of ether oxygens (including phenoxy) is 1. The van der Waals surface area contributed by atoms with Crippen molar-refractivity contribution in [3.63, 3.8) is 0 Å². The number of aromatic nitrogens is 4. The molecule has 3 rings (SSSR count). The van der Waals surface area contributed by atoms with Crippen molar-refractivity contribution < 1.29 is 13.9 Å². The highest BCUT2D eigenvalue weighted by Crippen LogP contribution is 2.23. The van der Waals surface area contributed by atoms with E-state index in [2.05, 4.69) is 25.7 Å². The lowest BCUT2D eigenvalue weighted by atomic mass is 10.1. The Morgan fingerprint density at radius 2 is 2.17 bits per heavy atom. The molecule has 0 atom stereocenters. The van der Waals surface area contributed by atoms with E-state index in [-0.39, 0.29) is 22.9 Å². The molecule has 30 heavy (non-hydrogen) atoms. The fourth-order valence-electron chi connectivity index (χ4n) is 2.82. The first-order valence-corrected chi connectivity index (χ1v) is 10.8. The van der Waals surface area contributed by atoms with Crippen LogP contribution in [0.25, 0.3) is 11.0 Å². The van der Waals surface area contributed by atoms with Gasteiger partial charge in [-0.3, -0.25) is 4.79 Å². The maximum absolute atomic E-state index is 13.8. The Morgan fingerprint density at radius 1 is 1.33 bits per heavy atom. The van der Waals surface area contributed by atoms with E-state index in [4.69, 9.17) is 16.3 Å². The molecule has 0 saturated carbocycles. The van der Waals surface area contributed by atoms with Crippen LogP contribution < -0.4 is 10.6 Å². The summed E-state index contributed by atoms with van der Waals surface area (Å²) >= 11 is 7.41. The summed E-state index contributed by atoms with van der Waals surface area (Å²) in [7, 11) is 1.64. The maximum Gasteiger partial charge on any atom is 0.224 e. The Hall–Kier alpha value is -2.43. The largest absolute Gasteiger partial charge is 0.383 e. The SMILES string of the molecule is COCCNc1nc(SC)nc2c1cnn2CCNC(=O)Cc1c(F)cccc1Cl. The Bertz CT molecular complexity index is 1010. The Labute approximate surface area is 182 Å². The summed E-state index contributed by atoms with van der Waals surface area (Å²) < 4.78 is 20.6. The van der Waals surface area contributed by atoms with Gasteiger partial charge < -0.3 is 15.4 Å². The van der Waals surface area contributed by atoms with Crippen LogP contribution in [-0.2, 0) is 22.5 Å². The molecular weight excluding hydrogens is 431 g/mol. The average Bonchev–Trinajstić information content (AvgIpc) is 3.14. The van der Waals surface area contributed by atoms with E-state index in [9.17, 15) is 9.18 Å². The Balaban J connectivity index is 1.66. The smallest absolute Gasteiger partial charge is 0.224 e. The van der Waals surface area contributed by atoms with Gasteiger partial charge >= 0.3 is 0 Å². The van der Waals surface area contributed by atoms with Gasteiger partial charge in [0.05, 0.1) is 31.2 Å². The minimum absolute atomic E-state index is 0.127. The predicted octanol–water partition coefficient (Wildman–Crippen LogP) is 2.76. The first kappa shape index (κ1) is 22.3. The topological polar surface area (TPSA) is 94.0 Å². The zero-order valence-corrected chi connectivity index (χ0v) is 18.2. The third kappa shape index (κ3) is 5.38. The number of carbonyl (C=O) groups is 1. The molecule has 3 aromatic rings. The molecule has 0 bridgehead atoms. The quantitative estimate of drug-likeness (QED) is 0.277. The molecule has 1 aromatic carbocycles. The van der Waals surface area contributed by atoms with Gasteiger partial charge in [0.25, 0.3) is 0 Å². The second-order valence-electron chi connectivity index (χ2n) is 6.31. The zero-order chi connectivity index (χ0) is 21.5. The van der Waals surface area contributed by atoms with Crippen LogP contribution in [0.1, 0.15) is 5.56 Å². The molecule has 0 radical (unpaired) electrons. The normalized spacial score (nSPS) is 11.1. The molecule has 0 aliphatic heterocycles. The Kier molecular flexibility index (Phi) is 7.83. The predicted molar refractivity (Wildman–Crippen MR) is 116 cm³/mol. The van der Waals surface area contributed by atoms with Crippen molar-refractivity contribution in [2.75, 3.05) is 38.4 Å². The van der Waals surface area contributed by atoms with E-state index in [1.807, 2.05) is 6.26 Å². The number of carbonyl (C=O) groups excluding carboxylic acids is 1. The van der Waals surface area contributed by atoms with Crippen LogP contribution in [-0.4, -0.2) is 58.7 Å². The highest BCUT2D eigenvalue weighted by atomic mass is 35.5. The third-order valence-electron chi connectivity index (χ3n) is 4.30. The first-order valence-electron chi connectivity index (χ1n) is 9.23. The van der Waals surface area contributed by atoms with Gasteiger partial charge in [-0.25, -0.2) is 19.0 Å². The molecule has 0 spiro atoms. The van der Waals surface area contributed by atoms with Crippen molar-refractivity contribution in [1.29, 1.82) is 0 Å². The molecule has 0 aliphatic carbocycles. The number of rotatable bonds is 10. The van der Waals surface area contributed by atoms with Crippen molar-refractivity contribution in [2.24, 2.45) is 0 Å². The molecule has 2 heterocycles. The minimum Gasteiger partial charge on any atom is -0.383 e. The molecule has 8 nitrogen and oxygen atoms in total. The van der Waals surface area contributed by atoms with Gasteiger partial charge in [-0.15, -0.1) is 0 Å². The number of hydrogen-bond acceptors (Lipinski definition) is 7. The summed E-state index contributed by atoms with van der Waals surface area (Å²) in [4.78, 5) is 21.2. The summed E-state index contributed by atoms with van der Waals surface area (Å²) in [5, 5.41) is 12.0. The highest BCUT2D eigenvalue weighted by molar-refractivity contribution is 7.98. The third-order valence-corrected chi connectivity index (χ3v) is 5.20. The molecule has 0 fully saturated rings. The van der Waals surface area contributed by atoms with Gasteiger partial charge in [0, 0.05) is 30.8 Å². The van der Waals surface area contributed by atoms with Gasteiger partial charge in [0.1, 0.15) is 11.6 Å². The lowest BCUT2D eigenvalue weighted by Crippen LogP contribution is -2.29. The zero-order valence-electron chi connectivity index (χ0n) is 16.6. The molecule has 160 valence electrons. The van der Waals surface area contributed by atoms with Crippen molar-refractivity contribution in [2.45, 2.75) is 18.1 Å². The van der Waals surface area contributed by atoms with E-state index in [0.717, 1.165) is 5.39 Å². The average molecular weight is 453 g/mol. The van der Waals surface area contributed by atoms with Crippen LogP contribution in [0, 0.1) is 5.82 Å². The molecule has 0 aliphatic rings. The first-order chi connectivity index (χ1) is 14.5. The van der Waals surface area contributed by atoms with E-state index < -0.39 is 5.82 Å². The van der Waals surface area contributed by atoms with Crippen molar-refractivity contribution in [3.05, 3.63) is 40.8 Å². The number of amides is 1. The van der Waals surface area contributed by atoms with Gasteiger partial charge in [0.15, 0.2) is 10.8 Å². The van der Waals surface area contributed by atoms with Gasteiger partial charge in [-0.05, 0) is 18.4 Å². The lowest BCUT2D eigenvalue weighted by Gasteiger charge is -2.10. The number of fused-ring (bicyclic) bond motifs is 1. The van der Waals surface area contributed by atoms with Crippen LogP contribution in [0.3, 0.4) is 0 Å². The van der Waals surface area contributed by atoms with Crippen LogP contribution >= 0.6 is 23.4 Å². The number of thioether (sulfide) groups is 1. The minimum atomic E-state index is -0.495. The summed E-state index contributed by atoms with van der Waals surface area (Å²) in [6.45, 7) is 1.87. The summed E-state index contributed by atoms with van der Waals surface area (Å²) in [5.74, 6) is -0.129. The van der Waals surface area contributed by atoms with Crippen LogP contribution in [0.5, 0.6) is 0 Å². The number of halogens is 2. The molecule has 0 saturated heterocycles. The highest BCUT2D eigenvalue weighted by Gasteiger charge is 2.14. The van der Waals surface area contributed by atoms with Crippen molar-refractivity contribution in [1.82, 2.24) is 25.1 Å². The second-order valence-corrected chi connectivity index (χ2v) is 7.49. The van der Waals surface area contributed by atoms with Crippen molar-refractivity contribution >= 4 is 46.1 Å². The molecule has 1 amide bonds. The standard InChI is InChI=1S/C19H22ClFN6O2S/c1-29-9-7-23-17-13-11-24-27(18(13)26-19(25-17)30-2)8-6-22-16(28)10-12-14(20)4-3-5-15(12)21/h3-5,11H,6-10H2,1-2H3,(H,22,28)(H,23,25,26). The van der Waals surface area contributed by atoms with E-state index in [1.54, 1.807) is 24.1 Å². The fourth-order valence-corrected chi connectivity index (χ4v) is 3.41. The molecule has 2 aromatic heterocycles. The number of nitrogens with zero attached hydrogens (tertiary/aromatic N) is 4. The van der Waals surface area contributed by atoms with Gasteiger partial charge in [-0.1, -0.05) is 29.4 Å². The monoisotopic (exact) mass is 452 g/mol. The second kappa shape index (κ2) is 10.6. The van der Waals surface area contributed by atoms with Crippen molar-refractivity contribution in [3.8, 4) is 0 Å². The molecule has 2 N–H and O–H groups in total. The number of nitrogens with one attached hydrogen (secondary N) is 2. The summed E-state index contributed by atoms with van der Waals surface area (Å²) in [5.41, 5.74) is 0.853. The van der Waals surface area contributed by atoms with Crippen LogP contribution in [0.4, 0.5) is 10.2 Å². The molecule has 11 heteroatoms. The van der Waals surface area contributed by atoms with Crippen LogP contribution in [0.15, 0.2) is 29.6 Å². The van der Waals surface area contributed by atoms with E-state index >= 15 is 0 Å². The molecule has 0 unspecified atom stereocenters. The Morgan fingerprint density at radius 3 is 2.90 bits per heavy atom. The van der Waals surface area contributed by atoms with E-state index in [1.165, 1.54) is 23.9 Å². The number of benzene rings is 1. The number of anilines is 1. The molecular formula is C19H22ClFN6O2S. The number of methoxy groups -OCH3 is 1. The van der Waals surface area contributed by atoms with Gasteiger partial charge in [-0.2, -0.15) is 5.10 Å².